The van der Waals surface area contributed by atoms with Gasteiger partial charge in [-0.1, -0.05) is 30.2 Å². The van der Waals surface area contributed by atoms with Gasteiger partial charge < -0.3 is 4.74 Å². The molecule has 1 aliphatic rings. The number of rotatable bonds is 6. The van der Waals surface area contributed by atoms with Crippen LogP contribution in [0.5, 0.6) is 5.75 Å². The van der Waals surface area contributed by atoms with Crippen LogP contribution in [0.15, 0.2) is 67.3 Å². The molecule has 0 aromatic heterocycles. The molecule has 1 nitrogen and oxygen atoms in total. The Labute approximate surface area is 209 Å². The van der Waals surface area contributed by atoms with E-state index in [9.17, 15) is 30.7 Å². The van der Waals surface area contributed by atoms with Crippen LogP contribution >= 0.6 is 0 Å². The van der Waals surface area contributed by atoms with Crippen molar-refractivity contribution in [2.45, 2.75) is 38.0 Å². The van der Waals surface area contributed by atoms with E-state index in [-0.39, 0.29) is 16.5 Å². The van der Waals surface area contributed by atoms with E-state index in [4.69, 9.17) is 4.74 Å². The highest BCUT2D eigenvalue weighted by molar-refractivity contribution is 5.86. The quantitative estimate of drug-likeness (QED) is 0.180. The van der Waals surface area contributed by atoms with Crippen molar-refractivity contribution in [3.8, 4) is 17.6 Å². The van der Waals surface area contributed by atoms with E-state index >= 15 is 0 Å². The monoisotopic (exact) mass is 518 g/mol. The van der Waals surface area contributed by atoms with Crippen molar-refractivity contribution < 1.29 is 35.5 Å². The van der Waals surface area contributed by atoms with Gasteiger partial charge in [0, 0.05) is 11.3 Å². The van der Waals surface area contributed by atoms with E-state index in [0.717, 1.165) is 67.0 Å². The lowest BCUT2D eigenvalue weighted by molar-refractivity contribution is -0.185. The van der Waals surface area contributed by atoms with Crippen LogP contribution in [-0.4, -0.2) is 6.18 Å². The van der Waals surface area contributed by atoms with Crippen molar-refractivity contribution in [2.75, 3.05) is 0 Å². The number of alkyl halides is 5. The summed E-state index contributed by atoms with van der Waals surface area (Å²) in [6, 6.07) is 9.47. The van der Waals surface area contributed by atoms with Gasteiger partial charge in [0.15, 0.2) is 0 Å². The molecule has 192 valence electrons. The minimum absolute atomic E-state index is 0.171. The third-order valence-corrected chi connectivity index (χ3v) is 6.19. The molecular weight excluding hydrogens is 497 g/mol. The highest BCUT2D eigenvalue weighted by atomic mass is 19.4. The van der Waals surface area contributed by atoms with E-state index in [1.54, 1.807) is 12.1 Å². The van der Waals surface area contributed by atoms with Gasteiger partial charge in [0.05, 0.1) is 11.1 Å². The number of benzene rings is 3. The molecule has 0 saturated carbocycles. The van der Waals surface area contributed by atoms with E-state index < -0.39 is 35.0 Å². The summed E-state index contributed by atoms with van der Waals surface area (Å²) < 4.78 is 100. The average Bonchev–Trinajstić information content (AvgIpc) is 2.83. The molecule has 0 fully saturated rings. The number of allylic oxidation sites excluding steroid dienone is 3. The van der Waals surface area contributed by atoms with Gasteiger partial charge in [-0.3, -0.25) is 0 Å². The smallest absolute Gasteiger partial charge is 0.429 e. The maximum Gasteiger partial charge on any atom is 0.458 e. The molecule has 0 amide bonds. The number of fused-ring (bicyclic) bond motifs is 1. The lowest BCUT2D eigenvalue weighted by atomic mass is 9.85. The van der Waals surface area contributed by atoms with Gasteiger partial charge >= 0.3 is 12.3 Å². The van der Waals surface area contributed by atoms with Gasteiger partial charge in [0.1, 0.15) is 17.4 Å². The fourth-order valence-corrected chi connectivity index (χ4v) is 4.31. The molecule has 0 aliphatic heterocycles. The second-order valence-corrected chi connectivity index (χ2v) is 8.77. The molecular formula is C29H21F7O. The summed E-state index contributed by atoms with van der Waals surface area (Å²) in [4.78, 5) is 0. The van der Waals surface area contributed by atoms with Gasteiger partial charge in [-0.15, -0.1) is 6.58 Å². The zero-order chi connectivity index (χ0) is 26.8. The lowest BCUT2D eigenvalue weighted by Crippen LogP contribution is -2.21. The minimum Gasteiger partial charge on any atom is -0.429 e. The second kappa shape index (κ2) is 10.3. The first-order valence-electron chi connectivity index (χ1n) is 11.5. The maximum atomic E-state index is 14.9. The van der Waals surface area contributed by atoms with E-state index in [2.05, 4.69) is 12.7 Å². The first-order valence-corrected chi connectivity index (χ1v) is 11.5. The summed E-state index contributed by atoms with van der Waals surface area (Å²) in [5.41, 5.74) is 0.465. The third kappa shape index (κ3) is 6.16. The van der Waals surface area contributed by atoms with Crippen LogP contribution in [0.1, 0.15) is 42.4 Å². The molecule has 0 heterocycles. The number of hydrogen-bond acceptors (Lipinski definition) is 1. The van der Waals surface area contributed by atoms with E-state index in [0.29, 0.717) is 5.92 Å². The Morgan fingerprint density at radius 3 is 2.35 bits per heavy atom. The van der Waals surface area contributed by atoms with E-state index in [1.807, 2.05) is 6.08 Å². The van der Waals surface area contributed by atoms with Gasteiger partial charge in [-0.25, -0.2) is 8.78 Å². The molecule has 1 unspecified atom stereocenters. The first-order chi connectivity index (χ1) is 17.5. The second-order valence-electron chi connectivity index (χ2n) is 8.77. The molecule has 0 saturated heterocycles. The molecule has 37 heavy (non-hydrogen) atoms. The Bertz CT molecular complexity index is 1410. The van der Waals surface area contributed by atoms with Gasteiger partial charge in [0.2, 0.25) is 0 Å². The van der Waals surface area contributed by atoms with Crippen molar-refractivity contribution in [1.29, 1.82) is 0 Å². The molecule has 0 bridgehead atoms. The topological polar surface area (TPSA) is 9.23 Å². The van der Waals surface area contributed by atoms with Crippen molar-refractivity contribution >= 4 is 16.3 Å². The van der Waals surface area contributed by atoms with Crippen molar-refractivity contribution in [3.63, 3.8) is 0 Å². The predicted molar refractivity (Wildman–Crippen MR) is 128 cm³/mol. The zero-order valence-corrected chi connectivity index (χ0v) is 19.4. The van der Waals surface area contributed by atoms with Crippen molar-refractivity contribution in [3.05, 3.63) is 95.6 Å². The SMILES string of the molecule is C=CCC1CC=C(c2ccc(C(F)(F)Oc3ccc4c(F)c(C#CC(F)(F)F)c(F)cc4c3)cc2)CC1. The van der Waals surface area contributed by atoms with Crippen LogP contribution in [-0.2, 0) is 6.11 Å². The van der Waals surface area contributed by atoms with Crippen LogP contribution < -0.4 is 4.74 Å². The van der Waals surface area contributed by atoms with Gasteiger partial charge in [-0.2, -0.15) is 22.0 Å². The Kier molecular flexibility index (Phi) is 7.35. The van der Waals surface area contributed by atoms with Crippen LogP contribution in [0.3, 0.4) is 0 Å². The molecule has 1 atom stereocenters. The standard InChI is InChI=1S/C29H21F7O/c1-2-3-18-4-6-19(7-5-18)20-8-10-22(11-9-20)29(35,36)37-23-12-13-24-21(16-23)17-26(30)25(27(24)31)14-15-28(32,33)34/h2,6,8-13,16-18H,1,3-5,7H2. The van der Waals surface area contributed by atoms with Crippen molar-refractivity contribution in [1.82, 2.24) is 0 Å². The molecule has 3 aromatic carbocycles. The molecule has 0 N–H and O–H groups in total. The lowest BCUT2D eigenvalue weighted by Gasteiger charge is -2.22. The van der Waals surface area contributed by atoms with Crippen LogP contribution in [0.2, 0.25) is 0 Å². The third-order valence-electron chi connectivity index (χ3n) is 6.19. The highest BCUT2D eigenvalue weighted by Crippen LogP contribution is 2.36. The summed E-state index contributed by atoms with van der Waals surface area (Å²) >= 11 is 0. The maximum absolute atomic E-state index is 14.9. The molecule has 4 rings (SSSR count). The molecule has 0 spiro atoms. The first kappa shape index (κ1) is 26.3. The van der Waals surface area contributed by atoms with Gasteiger partial charge in [-0.05, 0) is 84.5 Å². The summed E-state index contributed by atoms with van der Waals surface area (Å²) in [5, 5.41) is -0.459. The summed E-state index contributed by atoms with van der Waals surface area (Å²) in [7, 11) is 0. The zero-order valence-electron chi connectivity index (χ0n) is 19.4. The Morgan fingerprint density at radius 1 is 1.00 bits per heavy atom. The molecule has 0 radical (unpaired) electrons. The van der Waals surface area contributed by atoms with Crippen LogP contribution in [0.4, 0.5) is 30.7 Å². The van der Waals surface area contributed by atoms with E-state index in [1.165, 1.54) is 18.1 Å². The average molecular weight is 518 g/mol. The molecule has 3 aromatic rings. The highest BCUT2D eigenvalue weighted by Gasteiger charge is 2.35. The normalized spacial score (nSPS) is 16.1. The largest absolute Gasteiger partial charge is 0.458 e. The predicted octanol–water partition coefficient (Wildman–Crippen LogP) is 8.92. The fourth-order valence-electron chi connectivity index (χ4n) is 4.31. The Hall–Kier alpha value is -3.73. The van der Waals surface area contributed by atoms with Gasteiger partial charge in [0.25, 0.3) is 0 Å². The minimum atomic E-state index is -4.93. The summed E-state index contributed by atoms with van der Waals surface area (Å²) in [6.45, 7) is 3.76. The molecule has 8 heteroatoms. The molecule has 1 aliphatic carbocycles. The number of hydrogen-bond donors (Lipinski definition) is 0. The van der Waals surface area contributed by atoms with Crippen LogP contribution in [0.25, 0.3) is 16.3 Å². The Morgan fingerprint density at radius 2 is 1.73 bits per heavy atom. The van der Waals surface area contributed by atoms with Crippen LogP contribution in [0, 0.1) is 29.4 Å². The Balaban J connectivity index is 1.54. The summed E-state index contributed by atoms with van der Waals surface area (Å²) in [5.74, 6) is -0.257. The fraction of sp³-hybridized carbons (Fsp3) is 0.241. The summed E-state index contributed by atoms with van der Waals surface area (Å²) in [6.07, 6.45) is -0.983. The van der Waals surface area contributed by atoms with Crippen molar-refractivity contribution in [2.24, 2.45) is 5.92 Å². The number of halogens is 7. The number of ether oxygens (including phenoxy) is 1.